The summed E-state index contributed by atoms with van der Waals surface area (Å²) in [7, 11) is 0. The second-order valence-electron chi connectivity index (χ2n) is 8.30. The van der Waals surface area contributed by atoms with E-state index in [0.29, 0.717) is 16.7 Å². The van der Waals surface area contributed by atoms with E-state index in [4.69, 9.17) is 9.47 Å². The maximum atomic E-state index is 11.1. The van der Waals surface area contributed by atoms with Gasteiger partial charge in [0.1, 0.15) is 30.5 Å². The average molecular weight is 478 g/mol. The Hall–Kier alpha value is -2.90. The third-order valence-corrected chi connectivity index (χ3v) is 6.11. The van der Waals surface area contributed by atoms with E-state index in [1.165, 1.54) is 24.3 Å². The molecule has 7 atom stereocenters. The van der Waals surface area contributed by atoms with Crippen LogP contribution in [0.4, 0.5) is 0 Å². The van der Waals surface area contributed by atoms with E-state index in [9.17, 15) is 46.0 Å². The zero-order valence-electron chi connectivity index (χ0n) is 17.8. The van der Waals surface area contributed by atoms with E-state index in [-0.39, 0.29) is 23.5 Å². The van der Waals surface area contributed by atoms with Gasteiger partial charge in [0.25, 0.3) is 0 Å². The van der Waals surface area contributed by atoms with Gasteiger partial charge in [-0.25, -0.2) is 0 Å². The van der Waals surface area contributed by atoms with Crippen LogP contribution in [0.25, 0.3) is 5.57 Å². The summed E-state index contributed by atoms with van der Waals surface area (Å²) in [6.45, 7) is -0.650. The lowest BCUT2D eigenvalue weighted by molar-refractivity contribution is -0.317. The molecule has 2 aromatic rings. The molecule has 1 fully saturated rings. The van der Waals surface area contributed by atoms with Crippen molar-refractivity contribution in [3.05, 3.63) is 53.1 Å². The summed E-state index contributed by atoms with van der Waals surface area (Å²) in [4.78, 5) is 0. The van der Waals surface area contributed by atoms with Crippen molar-refractivity contribution < 1.29 is 55.4 Å². The Kier molecular flexibility index (Phi) is 6.69. The number of rotatable bonds is 4. The summed E-state index contributed by atoms with van der Waals surface area (Å²) in [6.07, 6.45) is -8.48. The normalized spacial score (nSPS) is 31.4. The van der Waals surface area contributed by atoms with Crippen LogP contribution in [0.2, 0.25) is 0 Å². The largest absolute Gasteiger partial charge is 0.504 e. The predicted molar refractivity (Wildman–Crippen MR) is 115 cm³/mol. The van der Waals surface area contributed by atoms with E-state index in [1.807, 2.05) is 0 Å². The minimum Gasteiger partial charge on any atom is -0.504 e. The standard InChI is InChI=1S/C23H26O11/c24-8-18-20(30)21(31)22(32)23(34-18)33-17-4-2-10(9-1-3-13(25)14(26)5-9)11-6-15(27)16(28)7-12(11)19(17)29/h1-3,5-7,17-32H,4,8H2. The number of hydrogen-bond acceptors (Lipinski definition) is 11. The molecule has 34 heavy (non-hydrogen) atoms. The van der Waals surface area contributed by atoms with Gasteiger partial charge >= 0.3 is 0 Å². The molecule has 0 bridgehead atoms. The second kappa shape index (κ2) is 9.39. The van der Waals surface area contributed by atoms with Crippen LogP contribution in [0, 0.1) is 0 Å². The minimum atomic E-state index is -1.68. The highest BCUT2D eigenvalue weighted by atomic mass is 16.7. The Labute approximate surface area is 193 Å². The Bertz CT molecular complexity index is 1080. The molecule has 2 aliphatic rings. The van der Waals surface area contributed by atoms with Crippen molar-refractivity contribution in [3.63, 3.8) is 0 Å². The summed E-state index contributed by atoms with van der Waals surface area (Å²) < 4.78 is 11.1. The fourth-order valence-corrected chi connectivity index (χ4v) is 4.19. The molecular formula is C23H26O11. The number of benzene rings is 2. The first-order valence-corrected chi connectivity index (χ1v) is 10.5. The maximum Gasteiger partial charge on any atom is 0.187 e. The highest BCUT2D eigenvalue weighted by molar-refractivity contribution is 5.84. The second-order valence-corrected chi connectivity index (χ2v) is 8.30. The first kappa shape index (κ1) is 24.2. The minimum absolute atomic E-state index is 0.0172. The van der Waals surface area contributed by atoms with Crippen LogP contribution in [-0.2, 0) is 9.47 Å². The number of ether oxygens (including phenoxy) is 2. The summed E-state index contributed by atoms with van der Waals surface area (Å²) in [5.74, 6) is -1.68. The lowest BCUT2D eigenvalue weighted by Crippen LogP contribution is -2.59. The highest BCUT2D eigenvalue weighted by Gasteiger charge is 2.45. The van der Waals surface area contributed by atoms with Gasteiger partial charge in [0, 0.05) is 0 Å². The lowest BCUT2D eigenvalue weighted by Gasteiger charge is -2.41. The van der Waals surface area contributed by atoms with Crippen LogP contribution in [-0.4, -0.2) is 89.4 Å². The van der Waals surface area contributed by atoms with Gasteiger partial charge in [0.15, 0.2) is 29.3 Å². The number of aromatic hydroxyl groups is 4. The van der Waals surface area contributed by atoms with Gasteiger partial charge in [-0.3, -0.25) is 0 Å². The van der Waals surface area contributed by atoms with Crippen molar-refractivity contribution in [2.75, 3.05) is 6.61 Å². The summed E-state index contributed by atoms with van der Waals surface area (Å²) in [6, 6.07) is 6.46. The predicted octanol–water partition coefficient (Wildman–Crippen LogP) is -0.437. The molecule has 184 valence electrons. The Morgan fingerprint density at radius 1 is 0.824 bits per heavy atom. The van der Waals surface area contributed by atoms with Crippen molar-refractivity contribution in [2.24, 2.45) is 0 Å². The molecule has 0 aromatic heterocycles. The van der Waals surface area contributed by atoms with Gasteiger partial charge in [-0.2, -0.15) is 0 Å². The first-order valence-electron chi connectivity index (χ1n) is 10.5. The molecule has 11 nitrogen and oxygen atoms in total. The smallest absolute Gasteiger partial charge is 0.187 e. The fourth-order valence-electron chi connectivity index (χ4n) is 4.19. The van der Waals surface area contributed by atoms with Gasteiger partial charge in [-0.15, -0.1) is 0 Å². The fraction of sp³-hybridized carbons (Fsp3) is 0.391. The first-order chi connectivity index (χ1) is 16.1. The van der Waals surface area contributed by atoms with Crippen LogP contribution in [0.15, 0.2) is 36.4 Å². The molecule has 4 rings (SSSR count). The highest BCUT2D eigenvalue weighted by Crippen LogP contribution is 2.43. The van der Waals surface area contributed by atoms with E-state index in [2.05, 4.69) is 0 Å². The number of phenols is 4. The van der Waals surface area contributed by atoms with Crippen molar-refractivity contribution in [1.82, 2.24) is 0 Å². The molecule has 7 unspecified atom stereocenters. The van der Waals surface area contributed by atoms with E-state index in [0.717, 1.165) is 6.07 Å². The van der Waals surface area contributed by atoms with Crippen molar-refractivity contribution in [3.8, 4) is 23.0 Å². The summed E-state index contributed by atoms with van der Waals surface area (Å²) in [5, 5.41) is 90.5. The third kappa shape index (κ3) is 4.30. The Morgan fingerprint density at radius 3 is 2.18 bits per heavy atom. The monoisotopic (exact) mass is 478 g/mol. The quantitative estimate of drug-likeness (QED) is 0.258. The molecule has 0 saturated carbocycles. The van der Waals surface area contributed by atoms with Gasteiger partial charge in [0.05, 0.1) is 12.7 Å². The molecule has 0 spiro atoms. The SMILES string of the molecule is OCC1OC(OC2CC=C(c3ccc(O)c(O)c3)c3cc(O)c(O)cc3C2O)C(O)C(O)C1O. The zero-order chi connectivity index (χ0) is 24.7. The summed E-state index contributed by atoms with van der Waals surface area (Å²) >= 11 is 0. The Balaban J connectivity index is 1.72. The number of hydrogen-bond donors (Lipinski definition) is 9. The van der Waals surface area contributed by atoms with Gasteiger partial charge in [0.2, 0.25) is 0 Å². The van der Waals surface area contributed by atoms with Crippen molar-refractivity contribution in [1.29, 1.82) is 0 Å². The van der Waals surface area contributed by atoms with Gasteiger partial charge in [-0.05, 0) is 52.9 Å². The van der Waals surface area contributed by atoms with Crippen LogP contribution >= 0.6 is 0 Å². The maximum absolute atomic E-state index is 11.1. The zero-order valence-corrected chi connectivity index (χ0v) is 17.8. The topological polar surface area (TPSA) is 201 Å². The van der Waals surface area contributed by atoms with Crippen LogP contribution in [0.1, 0.15) is 29.2 Å². The molecule has 2 aromatic carbocycles. The number of fused-ring (bicyclic) bond motifs is 1. The third-order valence-electron chi connectivity index (χ3n) is 6.11. The molecule has 9 N–H and O–H groups in total. The van der Waals surface area contributed by atoms with Gasteiger partial charge in [-0.1, -0.05) is 12.1 Å². The summed E-state index contributed by atoms with van der Waals surface area (Å²) in [5.41, 5.74) is 1.34. The molecular weight excluding hydrogens is 452 g/mol. The van der Waals surface area contributed by atoms with Gasteiger partial charge < -0.3 is 55.4 Å². The van der Waals surface area contributed by atoms with Crippen molar-refractivity contribution in [2.45, 2.75) is 49.3 Å². The van der Waals surface area contributed by atoms with Crippen molar-refractivity contribution >= 4 is 5.57 Å². The average Bonchev–Trinajstić information content (AvgIpc) is 2.93. The molecule has 0 amide bonds. The van der Waals surface area contributed by atoms with Crippen LogP contribution in [0.3, 0.4) is 0 Å². The molecule has 1 aliphatic heterocycles. The van der Waals surface area contributed by atoms with Crippen LogP contribution < -0.4 is 0 Å². The lowest BCUT2D eigenvalue weighted by atomic mass is 9.92. The number of aliphatic hydroxyl groups excluding tert-OH is 5. The Morgan fingerprint density at radius 2 is 1.50 bits per heavy atom. The molecule has 1 saturated heterocycles. The van der Waals surface area contributed by atoms with E-state index < -0.39 is 61.0 Å². The number of phenolic OH excluding ortho intramolecular Hbond substituents is 4. The van der Waals surface area contributed by atoms with E-state index >= 15 is 0 Å². The molecule has 1 heterocycles. The van der Waals surface area contributed by atoms with Crippen LogP contribution in [0.5, 0.6) is 23.0 Å². The van der Waals surface area contributed by atoms with E-state index in [1.54, 1.807) is 6.08 Å². The number of aliphatic hydroxyl groups is 5. The molecule has 1 aliphatic carbocycles. The molecule has 11 heteroatoms. The molecule has 0 radical (unpaired) electrons.